The van der Waals surface area contributed by atoms with E-state index in [-0.39, 0.29) is 0 Å². The molecule has 0 aromatic rings. The van der Waals surface area contributed by atoms with Crippen molar-refractivity contribution in [3.05, 3.63) is 0 Å². The maximum atomic E-state index is 3.75. The molecule has 82 valence electrons. The minimum Gasteiger partial charge on any atom is -0.309 e. The molecule has 0 aromatic carbocycles. The van der Waals surface area contributed by atoms with Gasteiger partial charge in [-0.15, -0.1) is 0 Å². The largest absolute Gasteiger partial charge is 0.309 e. The van der Waals surface area contributed by atoms with Gasteiger partial charge in [0.05, 0.1) is 0 Å². The topological polar surface area (TPSA) is 15.3 Å². The van der Waals surface area contributed by atoms with Crippen molar-refractivity contribution in [2.45, 2.75) is 31.2 Å². The van der Waals surface area contributed by atoms with Gasteiger partial charge in [0.1, 0.15) is 0 Å². The Morgan fingerprint density at radius 3 is 2.86 bits per heavy atom. The molecule has 1 aliphatic heterocycles. The number of piperazine rings is 1. The van der Waals surface area contributed by atoms with E-state index in [4.69, 9.17) is 0 Å². The molecule has 3 heteroatoms. The van der Waals surface area contributed by atoms with Crippen LogP contribution in [0.4, 0.5) is 0 Å². The van der Waals surface area contributed by atoms with Crippen molar-refractivity contribution in [1.82, 2.24) is 10.2 Å². The Kier molecular flexibility index (Phi) is 3.74. The molecule has 2 aliphatic rings. The average molecular weight is 214 g/mol. The fraction of sp³-hybridized carbons (Fsp3) is 1.00. The number of nitrogens with zero attached hydrogens (tertiary/aromatic N) is 1. The second kappa shape index (κ2) is 4.86. The van der Waals surface area contributed by atoms with Crippen LogP contribution in [0.15, 0.2) is 0 Å². The molecule has 2 rings (SSSR count). The second-order valence-electron chi connectivity index (χ2n) is 4.68. The van der Waals surface area contributed by atoms with Gasteiger partial charge in [0.2, 0.25) is 0 Å². The van der Waals surface area contributed by atoms with Crippen LogP contribution < -0.4 is 5.32 Å². The molecule has 1 saturated heterocycles. The predicted octanol–water partition coefficient (Wildman–Crippen LogP) is 1.57. The molecular weight excluding hydrogens is 192 g/mol. The van der Waals surface area contributed by atoms with E-state index in [0.29, 0.717) is 5.54 Å². The van der Waals surface area contributed by atoms with Crippen molar-refractivity contribution >= 4 is 11.8 Å². The smallest absolute Gasteiger partial charge is 0.0309 e. The predicted molar refractivity (Wildman–Crippen MR) is 64.0 cm³/mol. The van der Waals surface area contributed by atoms with E-state index in [1.54, 1.807) is 0 Å². The first-order valence-corrected chi connectivity index (χ1v) is 7.20. The third-order valence-electron chi connectivity index (χ3n) is 3.63. The first kappa shape index (κ1) is 10.8. The molecule has 1 spiro atoms. The summed E-state index contributed by atoms with van der Waals surface area (Å²) in [7, 11) is 0. The molecule has 0 amide bonds. The van der Waals surface area contributed by atoms with Gasteiger partial charge in [0, 0.05) is 37.5 Å². The Hall–Kier alpha value is 0.270. The standard InChI is InChI=1S/C11H22N2S/c1-14-9-8-13-7-6-12-11(10-13)4-2-3-5-11/h12H,2-10H2,1H3. The number of hydrogen-bond acceptors (Lipinski definition) is 3. The summed E-state index contributed by atoms with van der Waals surface area (Å²) >= 11 is 1.96. The lowest BCUT2D eigenvalue weighted by molar-refractivity contribution is 0.142. The van der Waals surface area contributed by atoms with Crippen molar-refractivity contribution in [2.24, 2.45) is 0 Å². The van der Waals surface area contributed by atoms with Gasteiger partial charge >= 0.3 is 0 Å². The van der Waals surface area contributed by atoms with Gasteiger partial charge in [0.25, 0.3) is 0 Å². The van der Waals surface area contributed by atoms with Crippen LogP contribution in [0.3, 0.4) is 0 Å². The zero-order valence-electron chi connectivity index (χ0n) is 9.22. The Morgan fingerprint density at radius 2 is 2.14 bits per heavy atom. The van der Waals surface area contributed by atoms with Crippen molar-refractivity contribution < 1.29 is 0 Å². The van der Waals surface area contributed by atoms with Gasteiger partial charge in [-0.3, -0.25) is 4.90 Å². The fourth-order valence-corrected chi connectivity index (χ4v) is 3.28. The van der Waals surface area contributed by atoms with Crippen LogP contribution in [0.5, 0.6) is 0 Å². The highest BCUT2D eigenvalue weighted by atomic mass is 32.2. The molecule has 1 saturated carbocycles. The van der Waals surface area contributed by atoms with Crippen LogP contribution in [0.1, 0.15) is 25.7 Å². The van der Waals surface area contributed by atoms with Crippen LogP contribution in [-0.4, -0.2) is 48.6 Å². The Morgan fingerprint density at radius 1 is 1.36 bits per heavy atom. The lowest BCUT2D eigenvalue weighted by Gasteiger charge is -2.41. The fourth-order valence-electron chi connectivity index (χ4n) is 2.84. The zero-order valence-corrected chi connectivity index (χ0v) is 10.0. The van der Waals surface area contributed by atoms with E-state index in [1.807, 2.05) is 11.8 Å². The average Bonchev–Trinajstić information content (AvgIpc) is 2.63. The SMILES string of the molecule is CSCCN1CCNC2(CCCC2)C1. The third-order valence-corrected chi connectivity index (χ3v) is 4.22. The first-order chi connectivity index (χ1) is 6.85. The molecular formula is C11H22N2S. The van der Waals surface area contributed by atoms with Crippen LogP contribution in [0, 0.1) is 0 Å². The number of rotatable bonds is 3. The summed E-state index contributed by atoms with van der Waals surface area (Å²) in [6.07, 6.45) is 7.88. The van der Waals surface area contributed by atoms with Crippen LogP contribution in [0.2, 0.25) is 0 Å². The summed E-state index contributed by atoms with van der Waals surface area (Å²) in [5.41, 5.74) is 0.511. The quantitative estimate of drug-likeness (QED) is 0.768. The van der Waals surface area contributed by atoms with Gasteiger partial charge in [0.15, 0.2) is 0 Å². The van der Waals surface area contributed by atoms with Crippen LogP contribution in [-0.2, 0) is 0 Å². The molecule has 0 atom stereocenters. The Balaban J connectivity index is 1.83. The lowest BCUT2D eigenvalue weighted by Crippen LogP contribution is -2.59. The minimum absolute atomic E-state index is 0.511. The molecule has 1 aliphatic carbocycles. The van der Waals surface area contributed by atoms with E-state index in [2.05, 4.69) is 16.5 Å². The van der Waals surface area contributed by atoms with E-state index >= 15 is 0 Å². The molecule has 0 unspecified atom stereocenters. The molecule has 0 bridgehead atoms. The second-order valence-corrected chi connectivity index (χ2v) is 5.67. The van der Waals surface area contributed by atoms with E-state index < -0.39 is 0 Å². The first-order valence-electron chi connectivity index (χ1n) is 5.81. The van der Waals surface area contributed by atoms with Gasteiger partial charge in [-0.1, -0.05) is 12.8 Å². The van der Waals surface area contributed by atoms with Crippen LogP contribution in [0.25, 0.3) is 0 Å². The normalized spacial score (nSPS) is 27.2. The van der Waals surface area contributed by atoms with Crippen molar-refractivity contribution in [3.63, 3.8) is 0 Å². The van der Waals surface area contributed by atoms with Crippen molar-refractivity contribution in [2.75, 3.05) is 38.2 Å². The van der Waals surface area contributed by atoms with Gasteiger partial charge in [-0.25, -0.2) is 0 Å². The van der Waals surface area contributed by atoms with Gasteiger partial charge in [-0.2, -0.15) is 11.8 Å². The van der Waals surface area contributed by atoms with E-state index in [9.17, 15) is 0 Å². The summed E-state index contributed by atoms with van der Waals surface area (Å²) in [6, 6.07) is 0. The van der Waals surface area contributed by atoms with Crippen molar-refractivity contribution in [3.8, 4) is 0 Å². The monoisotopic (exact) mass is 214 g/mol. The summed E-state index contributed by atoms with van der Waals surface area (Å²) in [5.74, 6) is 1.29. The van der Waals surface area contributed by atoms with Gasteiger partial charge < -0.3 is 5.32 Å². The molecule has 14 heavy (non-hydrogen) atoms. The molecule has 1 heterocycles. The van der Waals surface area contributed by atoms with Crippen LogP contribution >= 0.6 is 11.8 Å². The van der Waals surface area contributed by atoms with E-state index in [1.165, 1.54) is 57.6 Å². The maximum absolute atomic E-state index is 3.75. The summed E-state index contributed by atoms with van der Waals surface area (Å²) in [5, 5.41) is 3.75. The summed E-state index contributed by atoms with van der Waals surface area (Å²) in [4.78, 5) is 2.65. The Labute approximate surface area is 91.8 Å². The lowest BCUT2D eigenvalue weighted by atomic mass is 9.95. The molecule has 2 nitrogen and oxygen atoms in total. The zero-order chi connectivity index (χ0) is 9.86. The molecule has 2 fully saturated rings. The highest BCUT2D eigenvalue weighted by Gasteiger charge is 2.37. The summed E-state index contributed by atoms with van der Waals surface area (Å²) < 4.78 is 0. The molecule has 1 N–H and O–H groups in total. The maximum Gasteiger partial charge on any atom is 0.0309 e. The highest BCUT2D eigenvalue weighted by Crippen LogP contribution is 2.31. The third kappa shape index (κ3) is 2.44. The molecule has 0 radical (unpaired) electrons. The minimum atomic E-state index is 0.511. The number of thioether (sulfide) groups is 1. The summed E-state index contributed by atoms with van der Waals surface area (Å²) in [6.45, 7) is 5.04. The van der Waals surface area contributed by atoms with Gasteiger partial charge in [-0.05, 0) is 19.1 Å². The number of nitrogens with one attached hydrogen (secondary N) is 1. The number of hydrogen-bond donors (Lipinski definition) is 1. The van der Waals surface area contributed by atoms with E-state index in [0.717, 1.165) is 0 Å². The Bertz CT molecular complexity index is 178. The van der Waals surface area contributed by atoms with Crippen molar-refractivity contribution in [1.29, 1.82) is 0 Å². The highest BCUT2D eigenvalue weighted by molar-refractivity contribution is 7.98. The molecule has 0 aromatic heterocycles.